The third-order valence-corrected chi connectivity index (χ3v) is 7.52. The number of imidazole rings is 1. The Morgan fingerprint density at radius 2 is 1.91 bits per heavy atom. The zero-order chi connectivity index (χ0) is 21.6. The molecule has 4 heterocycles. The maximum absolute atomic E-state index is 10.2. The summed E-state index contributed by atoms with van der Waals surface area (Å²) in [5.41, 5.74) is 5.91. The zero-order valence-electron chi connectivity index (χ0n) is 18.5. The molecule has 0 unspecified atom stereocenters. The summed E-state index contributed by atoms with van der Waals surface area (Å²) in [4.78, 5) is 7.40. The minimum Gasteiger partial charge on any atom is -0.396 e. The van der Waals surface area contributed by atoms with Gasteiger partial charge >= 0.3 is 0 Å². The van der Waals surface area contributed by atoms with Crippen LogP contribution in [0.1, 0.15) is 62.6 Å². The maximum Gasteiger partial charge on any atom is 0.157 e. The van der Waals surface area contributed by atoms with E-state index in [4.69, 9.17) is 4.98 Å². The Morgan fingerprint density at radius 3 is 2.56 bits per heavy atom. The maximum atomic E-state index is 10.2. The number of aliphatic hydroxyl groups is 1. The molecule has 0 bridgehead atoms. The number of nitrogens with zero attached hydrogens (tertiary/aromatic N) is 4. The second kappa shape index (κ2) is 8.73. The molecule has 0 amide bonds. The van der Waals surface area contributed by atoms with Crippen LogP contribution in [0.2, 0.25) is 0 Å². The molecule has 170 valence electrons. The predicted molar refractivity (Wildman–Crippen MR) is 130 cm³/mol. The Morgan fingerprint density at radius 1 is 1.22 bits per heavy atom. The second-order valence-corrected chi connectivity index (χ2v) is 9.59. The zero-order valence-corrected chi connectivity index (χ0v) is 18.5. The highest BCUT2D eigenvalue weighted by molar-refractivity contribution is 5.86. The van der Waals surface area contributed by atoms with E-state index in [9.17, 15) is 10.4 Å². The second-order valence-electron chi connectivity index (χ2n) is 9.59. The number of hydrogen-bond acceptors (Lipinski definition) is 5. The first kappa shape index (κ1) is 22.6. The monoisotopic (exact) mass is 433 g/mol. The molecule has 2 saturated heterocycles. The van der Waals surface area contributed by atoms with Crippen LogP contribution in [-0.4, -0.2) is 47.3 Å². The van der Waals surface area contributed by atoms with E-state index in [0.717, 1.165) is 74.1 Å². The summed E-state index contributed by atoms with van der Waals surface area (Å²) >= 11 is 0. The summed E-state index contributed by atoms with van der Waals surface area (Å²) in [7, 11) is 0. The molecule has 2 fully saturated rings. The summed E-state index contributed by atoms with van der Waals surface area (Å²) in [5.74, 6) is 1.56. The average Bonchev–Trinajstić information content (AvgIpc) is 3.19. The van der Waals surface area contributed by atoms with Gasteiger partial charge in [-0.1, -0.05) is 26.5 Å². The molecule has 2 N–H and O–H groups in total. The van der Waals surface area contributed by atoms with Crippen molar-refractivity contribution in [2.24, 2.45) is 5.41 Å². The molecule has 0 saturated carbocycles. The van der Waals surface area contributed by atoms with Crippen molar-refractivity contribution < 1.29 is 5.11 Å². The van der Waals surface area contributed by atoms with Gasteiger partial charge in [0.1, 0.15) is 11.9 Å². The molecule has 5 rings (SSSR count). The van der Waals surface area contributed by atoms with Crippen LogP contribution >= 0.6 is 0 Å². The summed E-state index contributed by atoms with van der Waals surface area (Å²) < 4.78 is 2.22. The largest absolute Gasteiger partial charge is 0.396 e. The molecular formula is C26H35N5O. The van der Waals surface area contributed by atoms with Crippen molar-refractivity contribution in [3.05, 3.63) is 41.0 Å². The van der Waals surface area contributed by atoms with Crippen LogP contribution in [0.25, 0.3) is 16.7 Å². The Balaban J connectivity index is 0.00000245. The lowest BCUT2D eigenvalue weighted by Gasteiger charge is -2.40. The minimum absolute atomic E-state index is 0. The van der Waals surface area contributed by atoms with Crippen molar-refractivity contribution in [1.82, 2.24) is 14.7 Å². The first-order valence-corrected chi connectivity index (χ1v) is 11.5. The fraction of sp³-hybridized carbons (Fsp3) is 0.538. The van der Waals surface area contributed by atoms with Gasteiger partial charge in [0, 0.05) is 19.7 Å². The van der Waals surface area contributed by atoms with Gasteiger partial charge in [-0.3, -0.25) is 4.40 Å². The standard InChI is InChI=1S/C25H31N5O.CH4/c1-17-22(18-7-11-27-12-8-18)19(15-26)23-28-20-5-3-4-6-21(20)30(23)24(17)29-13-9-25(2,16-31)10-14-29;/h3-6,18,27,31H,7-14,16H2,1-2H3;1H4. The van der Waals surface area contributed by atoms with Crippen LogP contribution in [0.5, 0.6) is 0 Å². The van der Waals surface area contributed by atoms with Gasteiger partial charge < -0.3 is 15.3 Å². The number of aliphatic hydroxyl groups excluding tert-OH is 1. The number of nitrogens with one attached hydrogen (secondary N) is 1. The third-order valence-electron chi connectivity index (χ3n) is 7.52. The Labute approximate surface area is 190 Å². The summed E-state index contributed by atoms with van der Waals surface area (Å²) in [5, 5.41) is 23.5. The van der Waals surface area contributed by atoms with E-state index in [1.54, 1.807) is 0 Å². The molecule has 1 aromatic carbocycles. The Kier molecular flexibility index (Phi) is 6.15. The summed E-state index contributed by atoms with van der Waals surface area (Å²) in [6.07, 6.45) is 4.02. The highest BCUT2D eigenvalue weighted by Crippen LogP contribution is 2.41. The average molecular weight is 434 g/mol. The van der Waals surface area contributed by atoms with E-state index >= 15 is 0 Å². The Bertz CT molecular complexity index is 1160. The number of aromatic nitrogens is 2. The fourth-order valence-corrected chi connectivity index (χ4v) is 5.53. The van der Waals surface area contributed by atoms with Crippen molar-refractivity contribution in [2.45, 2.75) is 52.9 Å². The first-order chi connectivity index (χ1) is 15.1. The van der Waals surface area contributed by atoms with E-state index in [0.29, 0.717) is 5.92 Å². The lowest BCUT2D eigenvalue weighted by molar-refractivity contribution is 0.114. The fourth-order valence-electron chi connectivity index (χ4n) is 5.53. The molecule has 0 spiro atoms. The van der Waals surface area contributed by atoms with Crippen molar-refractivity contribution in [3.63, 3.8) is 0 Å². The van der Waals surface area contributed by atoms with Crippen molar-refractivity contribution in [1.29, 1.82) is 5.26 Å². The number of nitriles is 1. The topological polar surface area (TPSA) is 76.6 Å². The van der Waals surface area contributed by atoms with Crippen molar-refractivity contribution in [3.8, 4) is 6.07 Å². The van der Waals surface area contributed by atoms with Crippen LogP contribution in [-0.2, 0) is 0 Å². The highest BCUT2D eigenvalue weighted by Gasteiger charge is 2.33. The summed E-state index contributed by atoms with van der Waals surface area (Å²) in [6, 6.07) is 10.7. The van der Waals surface area contributed by atoms with E-state index in [1.807, 2.05) is 18.2 Å². The van der Waals surface area contributed by atoms with Crippen LogP contribution in [0.4, 0.5) is 5.82 Å². The molecule has 6 nitrogen and oxygen atoms in total. The van der Waals surface area contributed by atoms with Crippen LogP contribution in [0.3, 0.4) is 0 Å². The lowest BCUT2D eigenvalue weighted by Crippen LogP contribution is -2.41. The van der Waals surface area contributed by atoms with Crippen molar-refractivity contribution in [2.75, 3.05) is 37.7 Å². The molecule has 0 aliphatic carbocycles. The van der Waals surface area contributed by atoms with E-state index in [1.165, 1.54) is 16.9 Å². The number of benzene rings is 1. The van der Waals surface area contributed by atoms with E-state index < -0.39 is 0 Å². The molecule has 3 aromatic rings. The third kappa shape index (κ3) is 3.54. The molecule has 2 aliphatic heterocycles. The van der Waals surface area contributed by atoms with Crippen LogP contribution in [0.15, 0.2) is 24.3 Å². The molecule has 2 aromatic heterocycles. The van der Waals surface area contributed by atoms with E-state index in [2.05, 4.69) is 40.6 Å². The lowest BCUT2D eigenvalue weighted by atomic mass is 9.81. The first-order valence-electron chi connectivity index (χ1n) is 11.5. The number of hydrogen-bond donors (Lipinski definition) is 2. The van der Waals surface area contributed by atoms with Crippen molar-refractivity contribution >= 4 is 22.5 Å². The van der Waals surface area contributed by atoms with Gasteiger partial charge in [-0.2, -0.15) is 5.26 Å². The van der Waals surface area contributed by atoms with Gasteiger partial charge in [0.05, 0.1) is 16.6 Å². The van der Waals surface area contributed by atoms with Crippen LogP contribution in [0, 0.1) is 23.7 Å². The van der Waals surface area contributed by atoms with Gasteiger partial charge in [0.15, 0.2) is 5.65 Å². The quantitative estimate of drug-likeness (QED) is 0.641. The van der Waals surface area contributed by atoms with Gasteiger partial charge in [-0.05, 0) is 80.3 Å². The molecule has 0 radical (unpaired) electrons. The van der Waals surface area contributed by atoms with E-state index in [-0.39, 0.29) is 19.4 Å². The van der Waals surface area contributed by atoms with Gasteiger partial charge in [0.25, 0.3) is 0 Å². The molecule has 2 aliphatic rings. The van der Waals surface area contributed by atoms with Crippen LogP contribution < -0.4 is 10.2 Å². The van der Waals surface area contributed by atoms with Gasteiger partial charge in [0.2, 0.25) is 0 Å². The smallest absolute Gasteiger partial charge is 0.157 e. The Hall–Kier alpha value is -2.62. The number of para-hydroxylation sites is 2. The molecule has 32 heavy (non-hydrogen) atoms. The van der Waals surface area contributed by atoms with Gasteiger partial charge in [-0.15, -0.1) is 0 Å². The number of pyridine rings is 1. The molecule has 6 heteroatoms. The SMILES string of the molecule is C.Cc1c(C2CCNCC2)c(C#N)c2nc3ccccc3n2c1N1CCC(C)(CO)CC1. The summed E-state index contributed by atoms with van der Waals surface area (Å²) in [6.45, 7) is 8.39. The number of fused-ring (bicyclic) bond motifs is 3. The number of rotatable bonds is 3. The highest BCUT2D eigenvalue weighted by atomic mass is 16.3. The van der Waals surface area contributed by atoms with Gasteiger partial charge in [-0.25, -0.2) is 4.98 Å². The normalized spacial score (nSPS) is 19.1. The number of anilines is 1. The molecular weight excluding hydrogens is 398 g/mol. The molecule has 0 atom stereocenters. The minimum atomic E-state index is -0.00894. The number of piperidine rings is 2. The predicted octanol–water partition coefficient (Wildman–Crippen LogP) is 4.37.